The van der Waals surface area contributed by atoms with Gasteiger partial charge in [-0.3, -0.25) is 4.90 Å². The van der Waals surface area contributed by atoms with E-state index in [1.807, 2.05) is 36.7 Å². The number of rotatable bonds is 4. The minimum Gasteiger partial charge on any atom is -0.447 e. The third kappa shape index (κ3) is 2.85. The second-order valence-corrected chi connectivity index (χ2v) is 5.87. The van der Waals surface area contributed by atoms with Crippen molar-refractivity contribution in [3.05, 3.63) is 40.3 Å². The summed E-state index contributed by atoms with van der Waals surface area (Å²) in [6.07, 6.45) is -0.279. The molecule has 21 heavy (non-hydrogen) atoms. The highest BCUT2D eigenvalue weighted by Crippen LogP contribution is 2.28. The first-order chi connectivity index (χ1) is 10.1. The number of thiazole rings is 1. The molecule has 1 amide bonds. The van der Waals surface area contributed by atoms with Crippen molar-refractivity contribution in [1.82, 2.24) is 4.98 Å². The fourth-order valence-electron chi connectivity index (χ4n) is 2.43. The predicted octanol–water partition coefficient (Wildman–Crippen LogP) is 3.58. The molecule has 0 aliphatic carbocycles. The molecular weight excluding hydrogens is 286 g/mol. The lowest BCUT2D eigenvalue weighted by molar-refractivity contribution is 0.181. The fourth-order valence-corrected chi connectivity index (χ4v) is 3.24. The molecule has 1 aromatic carbocycles. The van der Waals surface area contributed by atoms with Gasteiger partial charge in [0.1, 0.15) is 6.61 Å². The van der Waals surface area contributed by atoms with Crippen LogP contribution in [0.15, 0.2) is 29.8 Å². The third-order valence-corrected chi connectivity index (χ3v) is 4.59. The second-order valence-electron chi connectivity index (χ2n) is 4.98. The van der Waals surface area contributed by atoms with Crippen molar-refractivity contribution < 1.29 is 9.53 Å². The Balaban J connectivity index is 1.77. The van der Waals surface area contributed by atoms with Gasteiger partial charge in [0.05, 0.1) is 23.8 Å². The van der Waals surface area contributed by atoms with Crippen molar-refractivity contribution in [1.29, 1.82) is 0 Å². The maximum Gasteiger partial charge on any atom is 0.414 e. The smallest absolute Gasteiger partial charge is 0.414 e. The average Bonchev–Trinajstić information content (AvgIpc) is 3.07. The molecule has 1 aliphatic rings. The number of nitrogens with zero attached hydrogens (tertiary/aromatic N) is 2. The van der Waals surface area contributed by atoms with E-state index >= 15 is 0 Å². The van der Waals surface area contributed by atoms with Gasteiger partial charge in [-0.2, -0.15) is 0 Å². The molecule has 1 atom stereocenters. The number of aromatic nitrogens is 1. The number of benzene rings is 1. The van der Waals surface area contributed by atoms with Gasteiger partial charge in [0.2, 0.25) is 0 Å². The number of hydrogen-bond acceptors (Lipinski definition) is 5. The van der Waals surface area contributed by atoms with E-state index < -0.39 is 0 Å². The van der Waals surface area contributed by atoms with Gasteiger partial charge >= 0.3 is 6.09 Å². The molecule has 0 bridgehead atoms. The number of nitrogens with one attached hydrogen (secondary N) is 1. The summed E-state index contributed by atoms with van der Waals surface area (Å²) in [7, 11) is 0. The summed E-state index contributed by atoms with van der Waals surface area (Å²) in [6, 6.07) is 8.01. The zero-order chi connectivity index (χ0) is 14.8. The maximum absolute atomic E-state index is 11.6. The number of amides is 1. The molecule has 0 saturated carbocycles. The van der Waals surface area contributed by atoms with E-state index in [0.717, 1.165) is 17.1 Å². The molecule has 1 unspecified atom stereocenters. The molecule has 1 aromatic heterocycles. The Morgan fingerprint density at radius 1 is 1.48 bits per heavy atom. The lowest BCUT2D eigenvalue weighted by Gasteiger charge is -2.17. The Morgan fingerprint density at radius 2 is 2.33 bits per heavy atom. The molecule has 1 fully saturated rings. The fraction of sp³-hybridized carbons (Fsp3) is 0.333. The van der Waals surface area contributed by atoms with E-state index in [2.05, 4.69) is 17.2 Å². The number of carbonyl (C=O) groups excluding carboxylic acids is 1. The lowest BCUT2D eigenvalue weighted by Crippen LogP contribution is -2.23. The van der Waals surface area contributed by atoms with Crippen LogP contribution in [0.4, 0.5) is 16.2 Å². The summed E-state index contributed by atoms with van der Waals surface area (Å²) >= 11 is 1.65. The molecule has 110 valence electrons. The van der Waals surface area contributed by atoms with Gasteiger partial charge < -0.3 is 10.1 Å². The summed E-state index contributed by atoms with van der Waals surface area (Å²) in [5.41, 5.74) is 4.75. The van der Waals surface area contributed by atoms with Gasteiger partial charge in [-0.15, -0.1) is 11.3 Å². The van der Waals surface area contributed by atoms with Crippen LogP contribution in [-0.2, 0) is 4.74 Å². The molecule has 3 rings (SSSR count). The van der Waals surface area contributed by atoms with Gasteiger partial charge in [0.15, 0.2) is 0 Å². The average molecular weight is 303 g/mol. The van der Waals surface area contributed by atoms with Crippen molar-refractivity contribution in [2.45, 2.75) is 19.9 Å². The number of aryl methyl sites for hydroxylation is 1. The van der Waals surface area contributed by atoms with E-state index in [0.29, 0.717) is 13.2 Å². The van der Waals surface area contributed by atoms with Crippen molar-refractivity contribution >= 4 is 28.8 Å². The van der Waals surface area contributed by atoms with Crippen LogP contribution in [0.1, 0.15) is 23.5 Å². The molecule has 6 heteroatoms. The highest BCUT2D eigenvalue weighted by atomic mass is 32.1. The van der Waals surface area contributed by atoms with Gasteiger partial charge in [-0.05, 0) is 32.0 Å². The highest BCUT2D eigenvalue weighted by molar-refractivity contribution is 7.09. The van der Waals surface area contributed by atoms with Crippen LogP contribution in [0, 0.1) is 6.92 Å². The summed E-state index contributed by atoms with van der Waals surface area (Å²) in [4.78, 5) is 18.8. The SMILES string of the molecule is Cc1ncsc1C(C)Nc1cccc(N2CCOC2=O)c1. The van der Waals surface area contributed by atoms with Crippen LogP contribution in [0.3, 0.4) is 0 Å². The van der Waals surface area contributed by atoms with Gasteiger partial charge in [0.25, 0.3) is 0 Å². The zero-order valence-corrected chi connectivity index (χ0v) is 12.8. The number of cyclic esters (lactones) is 1. The Bertz CT molecular complexity index is 656. The number of carbonyl (C=O) groups is 1. The van der Waals surface area contributed by atoms with E-state index in [4.69, 9.17) is 4.74 Å². The Labute approximate surface area is 127 Å². The topological polar surface area (TPSA) is 54.5 Å². The van der Waals surface area contributed by atoms with Crippen molar-refractivity contribution in [3.63, 3.8) is 0 Å². The van der Waals surface area contributed by atoms with Crippen LogP contribution in [0.25, 0.3) is 0 Å². The van der Waals surface area contributed by atoms with Crippen LogP contribution >= 0.6 is 11.3 Å². The number of hydrogen-bond donors (Lipinski definition) is 1. The molecule has 1 saturated heterocycles. The highest BCUT2D eigenvalue weighted by Gasteiger charge is 2.23. The maximum atomic E-state index is 11.6. The Morgan fingerprint density at radius 3 is 3.00 bits per heavy atom. The van der Waals surface area contributed by atoms with Crippen molar-refractivity contribution in [2.24, 2.45) is 0 Å². The van der Waals surface area contributed by atoms with E-state index in [1.165, 1.54) is 4.88 Å². The van der Waals surface area contributed by atoms with E-state index in [-0.39, 0.29) is 12.1 Å². The molecule has 0 spiro atoms. The number of anilines is 2. The van der Waals surface area contributed by atoms with Gasteiger partial charge in [-0.25, -0.2) is 9.78 Å². The molecule has 0 radical (unpaired) electrons. The lowest BCUT2D eigenvalue weighted by atomic mass is 10.2. The largest absolute Gasteiger partial charge is 0.447 e. The minimum atomic E-state index is -0.279. The van der Waals surface area contributed by atoms with Crippen LogP contribution in [0.2, 0.25) is 0 Å². The predicted molar refractivity (Wildman–Crippen MR) is 84.0 cm³/mol. The Hall–Kier alpha value is -2.08. The Kier molecular flexibility index (Phi) is 3.79. The van der Waals surface area contributed by atoms with E-state index in [1.54, 1.807) is 16.2 Å². The summed E-state index contributed by atoms with van der Waals surface area (Å²) in [6.45, 7) is 5.18. The van der Waals surface area contributed by atoms with Gasteiger partial charge in [-0.1, -0.05) is 6.07 Å². The van der Waals surface area contributed by atoms with Crippen molar-refractivity contribution in [2.75, 3.05) is 23.4 Å². The standard InChI is InChI=1S/C15H17N3O2S/c1-10-14(21-9-16-10)11(2)17-12-4-3-5-13(8-12)18-6-7-20-15(18)19/h3-5,8-9,11,17H,6-7H2,1-2H3. The summed E-state index contributed by atoms with van der Waals surface area (Å²) < 4.78 is 4.98. The molecular formula is C15H17N3O2S. The summed E-state index contributed by atoms with van der Waals surface area (Å²) in [5.74, 6) is 0. The second kappa shape index (κ2) is 5.73. The van der Waals surface area contributed by atoms with E-state index in [9.17, 15) is 4.79 Å². The molecule has 5 nitrogen and oxygen atoms in total. The van der Waals surface area contributed by atoms with Gasteiger partial charge in [0, 0.05) is 16.3 Å². The normalized spacial score (nSPS) is 15.9. The molecule has 1 N–H and O–H groups in total. The quantitative estimate of drug-likeness (QED) is 0.938. The minimum absolute atomic E-state index is 0.179. The first kappa shape index (κ1) is 13.9. The van der Waals surface area contributed by atoms with Crippen molar-refractivity contribution in [3.8, 4) is 0 Å². The first-order valence-electron chi connectivity index (χ1n) is 6.86. The van der Waals surface area contributed by atoms with Crippen LogP contribution in [-0.4, -0.2) is 24.2 Å². The molecule has 1 aliphatic heterocycles. The monoisotopic (exact) mass is 303 g/mol. The third-order valence-electron chi connectivity index (χ3n) is 3.48. The summed E-state index contributed by atoms with van der Waals surface area (Å²) in [5, 5.41) is 3.46. The van der Waals surface area contributed by atoms with Crippen LogP contribution < -0.4 is 10.2 Å². The molecule has 2 heterocycles. The number of ether oxygens (including phenoxy) is 1. The van der Waals surface area contributed by atoms with Crippen LogP contribution in [0.5, 0.6) is 0 Å². The molecule has 2 aromatic rings. The zero-order valence-electron chi connectivity index (χ0n) is 12.0. The first-order valence-corrected chi connectivity index (χ1v) is 7.74.